The van der Waals surface area contributed by atoms with Gasteiger partial charge in [0.15, 0.2) is 0 Å². The van der Waals surface area contributed by atoms with Gasteiger partial charge in [-0.05, 0) is 39.8 Å². The zero-order chi connectivity index (χ0) is 17.1. The van der Waals surface area contributed by atoms with E-state index in [0.29, 0.717) is 5.84 Å². The summed E-state index contributed by atoms with van der Waals surface area (Å²) in [5.74, 6) is 0.346. The van der Waals surface area contributed by atoms with Crippen LogP contribution in [0.25, 0.3) is 0 Å². The van der Waals surface area contributed by atoms with Crippen LogP contribution < -0.4 is 4.72 Å². The Balaban J connectivity index is 2.42. The minimum atomic E-state index is -3.68. The molecule has 1 N–H and O–H groups in total. The minimum Gasteiger partial charge on any atom is -0.263 e. The summed E-state index contributed by atoms with van der Waals surface area (Å²) in [7, 11) is -3.68. The smallest absolute Gasteiger partial charge is 0.263 e. The molecular formula is C18H22N2O2S. The summed E-state index contributed by atoms with van der Waals surface area (Å²) in [5, 5.41) is 0. The van der Waals surface area contributed by atoms with Crippen molar-refractivity contribution in [1.29, 1.82) is 0 Å². The Morgan fingerprint density at radius 1 is 0.957 bits per heavy atom. The van der Waals surface area contributed by atoms with Gasteiger partial charge in [0, 0.05) is 5.56 Å². The summed E-state index contributed by atoms with van der Waals surface area (Å²) >= 11 is 0. The molecule has 122 valence electrons. The fourth-order valence-electron chi connectivity index (χ4n) is 1.98. The van der Waals surface area contributed by atoms with Crippen LogP contribution in [-0.4, -0.2) is 19.8 Å². The molecule has 2 aromatic carbocycles. The Bertz CT molecular complexity index is 787. The molecule has 0 aliphatic heterocycles. The van der Waals surface area contributed by atoms with Gasteiger partial charge in [-0.3, -0.25) is 9.71 Å². The van der Waals surface area contributed by atoms with Gasteiger partial charge in [-0.1, -0.05) is 48.0 Å². The lowest BCUT2D eigenvalue weighted by molar-refractivity contribution is 0.578. The molecule has 0 aliphatic carbocycles. The molecule has 0 heterocycles. The van der Waals surface area contributed by atoms with Crippen molar-refractivity contribution >= 4 is 15.9 Å². The van der Waals surface area contributed by atoms with Crippen LogP contribution in [0.4, 0.5) is 0 Å². The van der Waals surface area contributed by atoms with Crippen molar-refractivity contribution in [1.82, 2.24) is 4.72 Å². The van der Waals surface area contributed by atoms with E-state index in [9.17, 15) is 8.42 Å². The topological polar surface area (TPSA) is 58.5 Å². The minimum absolute atomic E-state index is 0.223. The maximum Gasteiger partial charge on any atom is 0.263 e. The highest BCUT2D eigenvalue weighted by Crippen LogP contribution is 2.14. The van der Waals surface area contributed by atoms with Gasteiger partial charge in [0.05, 0.1) is 10.4 Å². The first-order valence-corrected chi connectivity index (χ1v) is 8.90. The average Bonchev–Trinajstić information content (AvgIpc) is 2.46. The van der Waals surface area contributed by atoms with Crippen LogP contribution in [0.2, 0.25) is 0 Å². The molecule has 0 aliphatic rings. The Kier molecular flexibility index (Phi) is 4.90. The van der Waals surface area contributed by atoms with Gasteiger partial charge in [0.1, 0.15) is 5.84 Å². The number of sulfonamides is 1. The van der Waals surface area contributed by atoms with Gasteiger partial charge in [-0.25, -0.2) is 8.42 Å². The molecule has 0 saturated carbocycles. The first-order chi connectivity index (χ1) is 10.7. The van der Waals surface area contributed by atoms with E-state index < -0.39 is 15.6 Å². The lowest BCUT2D eigenvalue weighted by atomic mass is 10.1. The Morgan fingerprint density at radius 2 is 1.52 bits per heavy atom. The molecule has 0 saturated heterocycles. The summed E-state index contributed by atoms with van der Waals surface area (Å²) in [4.78, 5) is 4.76. The van der Waals surface area contributed by atoms with Crippen molar-refractivity contribution in [3.63, 3.8) is 0 Å². The number of aliphatic imine (C=N–C) groups is 1. The van der Waals surface area contributed by atoms with Crippen LogP contribution in [0.3, 0.4) is 0 Å². The van der Waals surface area contributed by atoms with E-state index in [1.54, 1.807) is 24.3 Å². The first-order valence-electron chi connectivity index (χ1n) is 7.42. The SMILES string of the molecule is Cc1ccc(S(=O)(=O)NC(=NC(C)(C)C)c2ccccc2)cc1. The number of rotatable bonds is 3. The summed E-state index contributed by atoms with van der Waals surface area (Å²) < 4.78 is 27.9. The van der Waals surface area contributed by atoms with E-state index in [-0.39, 0.29) is 4.90 Å². The van der Waals surface area contributed by atoms with Crippen molar-refractivity contribution < 1.29 is 8.42 Å². The summed E-state index contributed by atoms with van der Waals surface area (Å²) in [5.41, 5.74) is 1.34. The number of hydrogen-bond acceptors (Lipinski definition) is 3. The quantitative estimate of drug-likeness (QED) is 0.691. The normalized spacial score (nSPS) is 13.0. The number of nitrogens with one attached hydrogen (secondary N) is 1. The van der Waals surface area contributed by atoms with Gasteiger partial charge < -0.3 is 0 Å². The highest BCUT2D eigenvalue weighted by Gasteiger charge is 2.19. The van der Waals surface area contributed by atoms with Crippen molar-refractivity contribution in [2.24, 2.45) is 4.99 Å². The second-order valence-electron chi connectivity index (χ2n) is 6.42. The molecule has 4 nitrogen and oxygen atoms in total. The maximum absolute atomic E-state index is 12.6. The van der Waals surface area contributed by atoms with Crippen LogP contribution >= 0.6 is 0 Å². The van der Waals surface area contributed by atoms with Crippen LogP contribution in [0.5, 0.6) is 0 Å². The van der Waals surface area contributed by atoms with Gasteiger partial charge in [0.2, 0.25) is 0 Å². The van der Waals surface area contributed by atoms with Crippen molar-refractivity contribution in [3.05, 3.63) is 65.7 Å². The van der Waals surface area contributed by atoms with E-state index >= 15 is 0 Å². The maximum atomic E-state index is 12.6. The first kappa shape index (κ1) is 17.2. The van der Waals surface area contributed by atoms with Crippen molar-refractivity contribution in [2.75, 3.05) is 0 Å². The van der Waals surface area contributed by atoms with Crippen molar-refractivity contribution in [3.8, 4) is 0 Å². The molecule has 2 aromatic rings. The Hall–Kier alpha value is -2.14. The number of aryl methyl sites for hydroxylation is 1. The van der Waals surface area contributed by atoms with Gasteiger partial charge in [-0.2, -0.15) is 0 Å². The van der Waals surface area contributed by atoms with Gasteiger partial charge in [0.25, 0.3) is 10.0 Å². The molecule has 0 amide bonds. The zero-order valence-electron chi connectivity index (χ0n) is 13.9. The second kappa shape index (κ2) is 6.54. The molecule has 0 atom stereocenters. The number of nitrogens with zero attached hydrogens (tertiary/aromatic N) is 1. The lowest BCUT2D eigenvalue weighted by Gasteiger charge is -2.18. The lowest BCUT2D eigenvalue weighted by Crippen LogP contribution is -2.33. The van der Waals surface area contributed by atoms with E-state index in [1.165, 1.54) is 0 Å². The molecule has 0 unspecified atom stereocenters. The monoisotopic (exact) mass is 330 g/mol. The molecule has 0 fully saturated rings. The van der Waals surface area contributed by atoms with Crippen LogP contribution in [-0.2, 0) is 10.0 Å². The largest absolute Gasteiger partial charge is 0.263 e. The average molecular weight is 330 g/mol. The van der Waals surface area contributed by atoms with E-state index in [2.05, 4.69) is 9.71 Å². The molecular weight excluding hydrogens is 308 g/mol. The third-order valence-electron chi connectivity index (χ3n) is 3.06. The number of benzene rings is 2. The molecule has 5 heteroatoms. The van der Waals surface area contributed by atoms with E-state index in [0.717, 1.165) is 11.1 Å². The highest BCUT2D eigenvalue weighted by atomic mass is 32.2. The van der Waals surface area contributed by atoms with Crippen LogP contribution in [0.1, 0.15) is 31.9 Å². The molecule has 23 heavy (non-hydrogen) atoms. The Labute approximate surface area is 138 Å². The fourth-order valence-corrected chi connectivity index (χ4v) is 3.01. The molecule has 0 spiro atoms. The van der Waals surface area contributed by atoms with Crippen molar-refractivity contribution in [2.45, 2.75) is 38.1 Å². The highest BCUT2D eigenvalue weighted by molar-refractivity contribution is 7.90. The predicted molar refractivity (Wildman–Crippen MR) is 94.2 cm³/mol. The molecule has 2 rings (SSSR count). The predicted octanol–water partition coefficient (Wildman–Crippen LogP) is 3.52. The third-order valence-corrected chi connectivity index (χ3v) is 4.41. The second-order valence-corrected chi connectivity index (χ2v) is 8.10. The fraction of sp³-hybridized carbons (Fsp3) is 0.278. The van der Waals surface area contributed by atoms with Gasteiger partial charge in [-0.15, -0.1) is 0 Å². The van der Waals surface area contributed by atoms with Crippen LogP contribution in [0.15, 0.2) is 64.5 Å². The van der Waals surface area contributed by atoms with Gasteiger partial charge >= 0.3 is 0 Å². The number of hydrogen-bond donors (Lipinski definition) is 1. The van der Waals surface area contributed by atoms with E-state index in [1.807, 2.05) is 58.0 Å². The zero-order valence-corrected chi connectivity index (χ0v) is 14.7. The third kappa shape index (κ3) is 4.93. The van der Waals surface area contributed by atoms with Crippen LogP contribution in [0, 0.1) is 6.92 Å². The molecule has 0 radical (unpaired) electrons. The molecule has 0 aromatic heterocycles. The summed E-state index contributed by atoms with van der Waals surface area (Å²) in [6.45, 7) is 7.70. The summed E-state index contributed by atoms with van der Waals surface area (Å²) in [6, 6.07) is 16.0. The van der Waals surface area contributed by atoms with E-state index in [4.69, 9.17) is 0 Å². The standard InChI is InChI=1S/C18H22N2O2S/c1-14-10-12-16(13-11-14)23(21,22)20-17(19-18(2,3)4)15-8-6-5-7-9-15/h5-13H,1-4H3,(H,19,20). The molecule has 0 bridgehead atoms. The number of amidine groups is 1. The Morgan fingerprint density at radius 3 is 2.04 bits per heavy atom. The summed E-state index contributed by atoms with van der Waals surface area (Å²) in [6.07, 6.45) is 0.